The van der Waals surface area contributed by atoms with Crippen LogP contribution in [-0.2, 0) is 17.9 Å². The summed E-state index contributed by atoms with van der Waals surface area (Å²) < 4.78 is 25.7. The molecule has 1 aromatic heterocycles. The number of alkyl halides is 2. The number of nitrogens with two attached hydrogens (primary N) is 1. The van der Waals surface area contributed by atoms with Crippen molar-refractivity contribution < 1.29 is 13.6 Å². The van der Waals surface area contributed by atoms with Gasteiger partial charge in [0.2, 0.25) is 5.91 Å². The Morgan fingerprint density at radius 3 is 2.88 bits per heavy atom. The number of carbonyl (C=O) groups excluding carboxylic acids is 1. The third-order valence-corrected chi connectivity index (χ3v) is 2.88. The molecule has 6 heteroatoms. The molecule has 0 saturated carbocycles. The third kappa shape index (κ3) is 2.58. The van der Waals surface area contributed by atoms with Gasteiger partial charge in [-0.05, 0) is 11.6 Å². The highest BCUT2D eigenvalue weighted by atomic mass is 19.3. The quantitative estimate of drug-likeness (QED) is 0.852. The minimum Gasteiger partial charge on any atom is -0.370 e. The molecule has 92 valence electrons. The van der Waals surface area contributed by atoms with Crippen molar-refractivity contribution in [1.82, 2.24) is 9.88 Å². The van der Waals surface area contributed by atoms with E-state index in [0.717, 1.165) is 11.3 Å². The molecule has 0 bridgehead atoms. The van der Waals surface area contributed by atoms with Crippen LogP contribution in [0.2, 0.25) is 0 Å². The number of fused-ring (bicyclic) bond motifs is 1. The zero-order valence-electron chi connectivity index (χ0n) is 9.14. The van der Waals surface area contributed by atoms with E-state index in [2.05, 4.69) is 4.98 Å². The summed E-state index contributed by atoms with van der Waals surface area (Å²) in [6.07, 6.45) is -1.28. The number of nitrogens with zero attached hydrogens (tertiary/aromatic N) is 2. The standard InChI is InChI=1S/C11H13F2N3O/c12-11(13)9(4-10(14)17)16-5-7-2-1-3-15-8(7)6-16/h1-3,9,11H,4-6H2,(H2,14,17). The molecule has 0 spiro atoms. The molecular formula is C11H13F2N3O. The number of hydrogen-bond acceptors (Lipinski definition) is 3. The van der Waals surface area contributed by atoms with Crippen LogP contribution >= 0.6 is 0 Å². The van der Waals surface area contributed by atoms with Crippen molar-refractivity contribution >= 4 is 5.91 Å². The minimum absolute atomic E-state index is 0.328. The topological polar surface area (TPSA) is 59.2 Å². The summed E-state index contributed by atoms with van der Waals surface area (Å²) in [5.41, 5.74) is 6.72. The monoisotopic (exact) mass is 241 g/mol. The van der Waals surface area contributed by atoms with Crippen LogP contribution in [0, 0.1) is 0 Å². The van der Waals surface area contributed by atoms with E-state index in [1.165, 1.54) is 0 Å². The van der Waals surface area contributed by atoms with Crippen LogP contribution in [0.4, 0.5) is 8.78 Å². The Hall–Kier alpha value is -1.56. The molecule has 0 radical (unpaired) electrons. The number of halogens is 2. The molecule has 0 aliphatic carbocycles. The molecule has 1 aliphatic rings. The van der Waals surface area contributed by atoms with Crippen molar-refractivity contribution in [2.24, 2.45) is 5.73 Å². The predicted molar refractivity (Wildman–Crippen MR) is 57.1 cm³/mol. The van der Waals surface area contributed by atoms with Crippen LogP contribution in [-0.4, -0.2) is 28.3 Å². The van der Waals surface area contributed by atoms with E-state index in [0.29, 0.717) is 13.1 Å². The van der Waals surface area contributed by atoms with Gasteiger partial charge in [0.1, 0.15) is 0 Å². The van der Waals surface area contributed by atoms with Gasteiger partial charge in [0.05, 0.1) is 11.7 Å². The Bertz CT molecular complexity index is 400. The van der Waals surface area contributed by atoms with Crippen LogP contribution in [0.25, 0.3) is 0 Å². The van der Waals surface area contributed by atoms with Crippen LogP contribution < -0.4 is 5.73 Å². The molecule has 2 rings (SSSR count). The summed E-state index contributed by atoms with van der Waals surface area (Å²) in [7, 11) is 0. The normalized spacial score (nSPS) is 17.1. The van der Waals surface area contributed by atoms with Crippen LogP contribution in [0.1, 0.15) is 17.7 Å². The molecule has 0 fully saturated rings. The van der Waals surface area contributed by atoms with Crippen molar-refractivity contribution in [3.63, 3.8) is 0 Å². The maximum Gasteiger partial charge on any atom is 0.254 e. The molecule has 4 nitrogen and oxygen atoms in total. The highest BCUT2D eigenvalue weighted by Crippen LogP contribution is 2.26. The van der Waals surface area contributed by atoms with E-state index in [1.54, 1.807) is 17.2 Å². The fourth-order valence-electron chi connectivity index (χ4n) is 2.04. The van der Waals surface area contributed by atoms with Gasteiger partial charge in [-0.1, -0.05) is 6.07 Å². The zero-order chi connectivity index (χ0) is 12.4. The first kappa shape index (κ1) is 11.9. The van der Waals surface area contributed by atoms with Crippen LogP contribution in [0.3, 0.4) is 0 Å². The Balaban J connectivity index is 2.11. The summed E-state index contributed by atoms with van der Waals surface area (Å²) in [6.45, 7) is 0.740. The van der Waals surface area contributed by atoms with E-state index >= 15 is 0 Å². The molecule has 0 aromatic carbocycles. The van der Waals surface area contributed by atoms with Crippen LogP contribution in [0.15, 0.2) is 18.3 Å². The van der Waals surface area contributed by atoms with Gasteiger partial charge in [-0.25, -0.2) is 8.78 Å². The number of rotatable bonds is 4. The van der Waals surface area contributed by atoms with Gasteiger partial charge in [-0.15, -0.1) is 0 Å². The molecule has 1 unspecified atom stereocenters. The maximum atomic E-state index is 12.9. The Labute approximate surface area is 97.4 Å². The number of carbonyl (C=O) groups is 1. The lowest BCUT2D eigenvalue weighted by molar-refractivity contribution is -0.121. The van der Waals surface area contributed by atoms with E-state index in [1.807, 2.05) is 6.07 Å². The van der Waals surface area contributed by atoms with Crippen molar-refractivity contribution in [3.8, 4) is 0 Å². The smallest absolute Gasteiger partial charge is 0.254 e. The van der Waals surface area contributed by atoms with Gasteiger partial charge < -0.3 is 5.73 Å². The molecule has 17 heavy (non-hydrogen) atoms. The highest BCUT2D eigenvalue weighted by Gasteiger charge is 2.33. The fourth-order valence-corrected chi connectivity index (χ4v) is 2.04. The molecule has 2 N–H and O–H groups in total. The average Bonchev–Trinajstić information content (AvgIpc) is 2.68. The number of hydrogen-bond donors (Lipinski definition) is 1. The molecule has 1 amide bonds. The first-order chi connectivity index (χ1) is 8.08. The van der Waals surface area contributed by atoms with Crippen molar-refractivity contribution in [2.45, 2.75) is 32.0 Å². The van der Waals surface area contributed by atoms with Gasteiger partial charge in [-0.3, -0.25) is 14.7 Å². The van der Waals surface area contributed by atoms with E-state index in [9.17, 15) is 13.6 Å². The number of amides is 1. The summed E-state index contributed by atoms with van der Waals surface area (Å²) in [5.74, 6) is -0.709. The van der Waals surface area contributed by atoms with Gasteiger partial charge >= 0.3 is 0 Å². The first-order valence-electron chi connectivity index (χ1n) is 5.31. The second kappa shape index (κ2) is 4.75. The second-order valence-electron chi connectivity index (χ2n) is 4.09. The predicted octanol–water partition coefficient (Wildman–Crippen LogP) is 0.906. The average molecular weight is 241 g/mol. The van der Waals surface area contributed by atoms with Crippen molar-refractivity contribution in [1.29, 1.82) is 0 Å². The number of primary amides is 1. The maximum absolute atomic E-state index is 12.9. The first-order valence-corrected chi connectivity index (χ1v) is 5.31. The van der Waals surface area contributed by atoms with E-state index in [-0.39, 0.29) is 6.42 Å². The lowest BCUT2D eigenvalue weighted by Crippen LogP contribution is -2.39. The van der Waals surface area contributed by atoms with Gasteiger partial charge in [-0.2, -0.15) is 0 Å². The zero-order valence-corrected chi connectivity index (χ0v) is 9.14. The van der Waals surface area contributed by atoms with E-state index in [4.69, 9.17) is 5.73 Å². The van der Waals surface area contributed by atoms with Gasteiger partial charge in [0.25, 0.3) is 6.43 Å². The Morgan fingerprint density at radius 1 is 1.53 bits per heavy atom. The number of aromatic nitrogens is 1. The number of pyridine rings is 1. The lowest BCUT2D eigenvalue weighted by Gasteiger charge is -2.25. The largest absolute Gasteiger partial charge is 0.370 e. The summed E-state index contributed by atoms with van der Waals surface area (Å²) >= 11 is 0. The minimum atomic E-state index is -2.59. The van der Waals surface area contributed by atoms with E-state index < -0.39 is 18.4 Å². The second-order valence-corrected chi connectivity index (χ2v) is 4.09. The molecule has 1 aliphatic heterocycles. The van der Waals surface area contributed by atoms with Crippen molar-refractivity contribution in [3.05, 3.63) is 29.6 Å². The molecule has 0 saturated heterocycles. The lowest BCUT2D eigenvalue weighted by atomic mass is 10.2. The van der Waals surface area contributed by atoms with Crippen LogP contribution in [0.5, 0.6) is 0 Å². The Morgan fingerprint density at radius 2 is 2.29 bits per heavy atom. The highest BCUT2D eigenvalue weighted by molar-refractivity contribution is 5.74. The summed E-state index contributed by atoms with van der Waals surface area (Å²) in [5, 5.41) is 0. The third-order valence-electron chi connectivity index (χ3n) is 2.88. The fraction of sp³-hybridized carbons (Fsp3) is 0.455. The molecular weight excluding hydrogens is 228 g/mol. The molecule has 1 aromatic rings. The summed E-state index contributed by atoms with van der Waals surface area (Å²) in [6, 6.07) is 2.50. The van der Waals surface area contributed by atoms with Gasteiger partial charge in [0.15, 0.2) is 0 Å². The molecule has 2 heterocycles. The molecule has 1 atom stereocenters. The van der Waals surface area contributed by atoms with Crippen molar-refractivity contribution in [2.75, 3.05) is 0 Å². The van der Waals surface area contributed by atoms with Gasteiger partial charge in [0, 0.05) is 25.7 Å². The SMILES string of the molecule is NC(=O)CC(C(F)F)N1Cc2cccnc2C1. The summed E-state index contributed by atoms with van der Waals surface area (Å²) in [4.78, 5) is 16.5. The Kier molecular flexibility index (Phi) is 3.33.